The molecule has 2 heteroatoms. The summed E-state index contributed by atoms with van der Waals surface area (Å²) in [6.07, 6.45) is 5.02. The summed E-state index contributed by atoms with van der Waals surface area (Å²) < 4.78 is 5.82. The number of ether oxygens (including phenoxy) is 1. The third kappa shape index (κ3) is 2.82. The van der Waals surface area contributed by atoms with E-state index in [2.05, 4.69) is 115 Å². The molecule has 0 aromatic heterocycles. The Bertz CT molecular complexity index is 1350. The maximum Gasteiger partial charge on any atom is 0.126 e. The highest BCUT2D eigenvalue weighted by Gasteiger charge is 2.46. The van der Waals surface area contributed by atoms with E-state index in [-0.39, 0.29) is 5.41 Å². The topological polar surface area (TPSA) is 9.23 Å². The van der Waals surface area contributed by atoms with Crippen LogP contribution >= 0.6 is 7.92 Å². The number of hydrogen-bond acceptors (Lipinski definition) is 1. The number of benzene rings is 4. The third-order valence-electron chi connectivity index (χ3n) is 6.51. The van der Waals surface area contributed by atoms with E-state index in [4.69, 9.17) is 4.74 Å². The van der Waals surface area contributed by atoms with Crippen LogP contribution in [0.1, 0.15) is 22.3 Å². The van der Waals surface area contributed by atoms with Crippen molar-refractivity contribution in [2.45, 2.75) is 5.41 Å². The predicted octanol–water partition coefficient (Wildman–Crippen LogP) is 7.20. The number of methoxy groups -OCH3 is 1. The lowest BCUT2D eigenvalue weighted by molar-refractivity contribution is 0.413. The van der Waals surface area contributed by atoms with Crippen molar-refractivity contribution in [3.63, 3.8) is 0 Å². The summed E-state index contributed by atoms with van der Waals surface area (Å²) in [6.45, 7) is 0. The van der Waals surface area contributed by atoms with Crippen LogP contribution in [0.2, 0.25) is 0 Å². The van der Waals surface area contributed by atoms with E-state index < -0.39 is 7.92 Å². The fourth-order valence-corrected chi connectivity index (χ4v) is 8.09. The molecule has 0 fully saturated rings. The molecule has 0 amide bonds. The molecule has 3 aliphatic rings. The quantitative estimate of drug-likeness (QED) is 0.311. The van der Waals surface area contributed by atoms with Gasteiger partial charge in [-0.3, -0.25) is 0 Å². The molecular formula is C30H23OP. The van der Waals surface area contributed by atoms with Crippen LogP contribution in [0.3, 0.4) is 0 Å². The van der Waals surface area contributed by atoms with Gasteiger partial charge in [-0.05, 0) is 46.6 Å². The zero-order valence-corrected chi connectivity index (χ0v) is 18.8. The van der Waals surface area contributed by atoms with Gasteiger partial charge in [0.1, 0.15) is 5.75 Å². The van der Waals surface area contributed by atoms with Crippen LogP contribution in [0.25, 0.3) is 10.6 Å². The standard InChI is InChI=1S/C30H23OP/c1-31-26-18-10-8-16-24(26)29-21-30(23-14-6-3-7-15-23)20-28(22-12-4-2-5-13-22)32(29)27-19-11-9-17-25(27)30/h2-21H,1H3. The molecule has 32 heavy (non-hydrogen) atoms. The minimum atomic E-state index is -0.701. The largest absolute Gasteiger partial charge is 0.496 e. The molecular weight excluding hydrogens is 407 g/mol. The van der Waals surface area contributed by atoms with Gasteiger partial charge in [-0.25, -0.2) is 0 Å². The molecule has 4 aromatic carbocycles. The van der Waals surface area contributed by atoms with Crippen LogP contribution in [0.5, 0.6) is 5.75 Å². The third-order valence-corrected chi connectivity index (χ3v) is 9.10. The van der Waals surface area contributed by atoms with Gasteiger partial charge in [0, 0.05) is 5.56 Å². The monoisotopic (exact) mass is 430 g/mol. The van der Waals surface area contributed by atoms with E-state index in [9.17, 15) is 0 Å². The highest BCUT2D eigenvalue weighted by molar-refractivity contribution is 7.84. The Morgan fingerprint density at radius 1 is 0.625 bits per heavy atom. The summed E-state index contributed by atoms with van der Waals surface area (Å²) in [4.78, 5) is 0. The highest BCUT2D eigenvalue weighted by atomic mass is 31.1. The molecule has 7 rings (SSSR count). The van der Waals surface area contributed by atoms with Crippen molar-refractivity contribution in [2.24, 2.45) is 0 Å². The number of rotatable bonds is 4. The van der Waals surface area contributed by atoms with E-state index in [1.54, 1.807) is 7.11 Å². The Kier molecular flexibility index (Phi) is 4.59. The van der Waals surface area contributed by atoms with Crippen LogP contribution in [-0.4, -0.2) is 7.11 Å². The van der Waals surface area contributed by atoms with Crippen LogP contribution < -0.4 is 10.0 Å². The van der Waals surface area contributed by atoms with Crippen LogP contribution in [0, 0.1) is 0 Å². The van der Waals surface area contributed by atoms with Gasteiger partial charge in [-0.1, -0.05) is 115 Å². The van der Waals surface area contributed by atoms with Crippen molar-refractivity contribution < 1.29 is 4.74 Å². The molecule has 2 unspecified atom stereocenters. The lowest BCUT2D eigenvalue weighted by Gasteiger charge is -2.46. The van der Waals surface area contributed by atoms with E-state index in [1.165, 1.54) is 38.2 Å². The summed E-state index contributed by atoms with van der Waals surface area (Å²) in [5.74, 6) is 0.932. The van der Waals surface area contributed by atoms with Crippen molar-refractivity contribution in [3.8, 4) is 5.75 Å². The van der Waals surface area contributed by atoms with E-state index in [1.807, 2.05) is 6.07 Å². The van der Waals surface area contributed by atoms with Gasteiger partial charge in [-0.15, -0.1) is 0 Å². The number of allylic oxidation sites excluding steroid dienone is 2. The lowest BCUT2D eigenvalue weighted by atomic mass is 9.72. The second-order valence-electron chi connectivity index (χ2n) is 8.21. The molecule has 0 N–H and O–H groups in total. The minimum absolute atomic E-state index is 0.309. The molecule has 154 valence electrons. The zero-order valence-electron chi connectivity index (χ0n) is 17.9. The number of hydrogen-bond donors (Lipinski definition) is 0. The van der Waals surface area contributed by atoms with Gasteiger partial charge < -0.3 is 4.74 Å². The van der Waals surface area contributed by atoms with E-state index in [0.717, 1.165) is 5.75 Å². The first-order valence-corrected chi connectivity index (χ1v) is 12.3. The Balaban J connectivity index is 1.71. The molecule has 0 aliphatic carbocycles. The first kappa shape index (κ1) is 19.3. The summed E-state index contributed by atoms with van der Waals surface area (Å²) in [5.41, 5.74) is 4.88. The van der Waals surface area contributed by atoms with Gasteiger partial charge in [0.05, 0.1) is 12.5 Å². The molecule has 1 nitrogen and oxygen atoms in total. The fraction of sp³-hybridized carbons (Fsp3) is 0.0667. The van der Waals surface area contributed by atoms with E-state index >= 15 is 0 Å². The van der Waals surface area contributed by atoms with Gasteiger partial charge in [0.25, 0.3) is 0 Å². The van der Waals surface area contributed by atoms with Crippen molar-refractivity contribution in [3.05, 3.63) is 144 Å². The van der Waals surface area contributed by atoms with Gasteiger partial charge in [-0.2, -0.15) is 0 Å². The Morgan fingerprint density at radius 2 is 1.25 bits per heavy atom. The van der Waals surface area contributed by atoms with Crippen LogP contribution in [-0.2, 0) is 5.41 Å². The normalized spacial score (nSPS) is 20.8. The van der Waals surface area contributed by atoms with Crippen molar-refractivity contribution in [1.82, 2.24) is 0 Å². The Labute approximate surface area is 190 Å². The molecule has 0 radical (unpaired) electrons. The van der Waals surface area contributed by atoms with Crippen molar-refractivity contribution in [2.75, 3.05) is 7.11 Å². The smallest absolute Gasteiger partial charge is 0.126 e. The van der Waals surface area contributed by atoms with Crippen LogP contribution in [0.15, 0.2) is 121 Å². The molecule has 2 atom stereocenters. The first-order chi connectivity index (χ1) is 15.8. The maximum atomic E-state index is 5.82. The molecule has 3 aliphatic heterocycles. The summed E-state index contributed by atoms with van der Waals surface area (Å²) >= 11 is 0. The Morgan fingerprint density at radius 3 is 2.03 bits per heavy atom. The summed E-state index contributed by atoms with van der Waals surface area (Å²) in [5, 5.41) is 4.24. The maximum absolute atomic E-state index is 5.82. The van der Waals surface area contributed by atoms with Crippen molar-refractivity contribution in [1.29, 1.82) is 0 Å². The second-order valence-corrected chi connectivity index (χ2v) is 10.3. The predicted molar refractivity (Wildman–Crippen MR) is 136 cm³/mol. The number of para-hydroxylation sites is 1. The van der Waals surface area contributed by atoms with Gasteiger partial charge >= 0.3 is 0 Å². The average molecular weight is 430 g/mol. The summed E-state index contributed by atoms with van der Waals surface area (Å²) in [6, 6.07) is 39.2. The minimum Gasteiger partial charge on any atom is -0.496 e. The van der Waals surface area contributed by atoms with E-state index in [0.29, 0.717) is 0 Å². The van der Waals surface area contributed by atoms with Gasteiger partial charge in [0.15, 0.2) is 0 Å². The van der Waals surface area contributed by atoms with Crippen LogP contribution in [0.4, 0.5) is 0 Å². The average Bonchev–Trinajstić information content (AvgIpc) is 2.89. The molecule has 0 spiro atoms. The molecule has 4 aromatic rings. The lowest BCUT2D eigenvalue weighted by Crippen LogP contribution is -2.36. The zero-order chi connectivity index (χ0) is 21.5. The molecule has 0 saturated heterocycles. The highest BCUT2D eigenvalue weighted by Crippen LogP contribution is 2.70. The van der Waals surface area contributed by atoms with Gasteiger partial charge in [0.2, 0.25) is 0 Å². The molecule has 3 heterocycles. The Hall–Kier alpha value is -3.41. The second kappa shape index (κ2) is 7.62. The summed E-state index contributed by atoms with van der Waals surface area (Å²) in [7, 11) is 1.07. The first-order valence-electron chi connectivity index (χ1n) is 10.9. The molecule has 2 bridgehead atoms. The van der Waals surface area contributed by atoms with Crippen molar-refractivity contribution >= 4 is 23.9 Å². The molecule has 0 saturated carbocycles. The SMILES string of the molecule is COc1ccccc1C1=CC2(c3ccccc3)C=C(c3ccccc3)P1c1ccccc12. The fourth-order valence-electron chi connectivity index (χ4n) is 5.08.